The number of rotatable bonds is 6. The van der Waals surface area contributed by atoms with Crippen LogP contribution < -0.4 is 0 Å². The molecule has 1 aliphatic rings. The first-order valence-corrected chi connectivity index (χ1v) is 14.1. The van der Waals surface area contributed by atoms with Crippen LogP contribution in [0.1, 0.15) is 44.5 Å². The van der Waals surface area contributed by atoms with E-state index in [1.807, 2.05) is 24.3 Å². The minimum atomic E-state index is -0.520. The molecule has 0 spiro atoms. The zero-order chi connectivity index (χ0) is 27.8. The molecule has 7 rings (SSSR count). The Hall–Kier alpha value is -5.08. The van der Waals surface area contributed by atoms with Crippen LogP contribution in [-0.4, -0.2) is 10.2 Å². The molecule has 0 amide bonds. The highest BCUT2D eigenvalue weighted by Crippen LogP contribution is 2.57. The highest BCUT2D eigenvalue weighted by molar-refractivity contribution is 5.87. The molecule has 0 unspecified atom stereocenters. The summed E-state index contributed by atoms with van der Waals surface area (Å²) in [5, 5.41) is 19.8. The van der Waals surface area contributed by atoms with Gasteiger partial charge in [-0.15, -0.1) is 0 Å². The summed E-state index contributed by atoms with van der Waals surface area (Å²) in [6.07, 6.45) is 1.51. The third kappa shape index (κ3) is 4.20. The summed E-state index contributed by atoms with van der Waals surface area (Å²) in [7, 11) is 0. The Balaban J connectivity index is 1.52. The van der Waals surface area contributed by atoms with Gasteiger partial charge in [0.1, 0.15) is 11.5 Å². The second-order valence-electron chi connectivity index (χ2n) is 10.8. The van der Waals surface area contributed by atoms with Crippen LogP contribution in [0.2, 0.25) is 0 Å². The number of hydrogen-bond donors (Lipinski definition) is 2. The number of benzene rings is 6. The minimum Gasteiger partial charge on any atom is -0.508 e. The number of phenolic OH excluding ortho intramolecular Hbond substituents is 2. The standard InChI is InChI=1S/C39H30O2/c40-31-21-17-27(18-22-31)25-29-9-1-5-13-35(29)39(37-15-7-3-11-33(37)34-12-4-8-16-38(34)39)36-14-6-2-10-30(36)26-28-19-23-32(41)24-20-28/h1-24,40-41H,25-26H2. The van der Waals surface area contributed by atoms with E-state index in [1.165, 1.54) is 44.5 Å². The first-order valence-electron chi connectivity index (χ1n) is 14.1. The molecule has 0 aliphatic heterocycles. The molecule has 0 radical (unpaired) electrons. The van der Waals surface area contributed by atoms with Crippen molar-refractivity contribution in [1.82, 2.24) is 0 Å². The summed E-state index contributed by atoms with van der Waals surface area (Å²) in [4.78, 5) is 0. The number of aromatic hydroxyl groups is 2. The summed E-state index contributed by atoms with van der Waals surface area (Å²) in [6.45, 7) is 0. The van der Waals surface area contributed by atoms with Gasteiger partial charge in [-0.25, -0.2) is 0 Å². The quantitative estimate of drug-likeness (QED) is 0.226. The van der Waals surface area contributed by atoms with Crippen LogP contribution in [-0.2, 0) is 18.3 Å². The third-order valence-electron chi connectivity index (χ3n) is 8.46. The van der Waals surface area contributed by atoms with Gasteiger partial charge < -0.3 is 10.2 Å². The monoisotopic (exact) mass is 530 g/mol. The van der Waals surface area contributed by atoms with Crippen LogP contribution in [0.25, 0.3) is 11.1 Å². The van der Waals surface area contributed by atoms with Crippen molar-refractivity contribution in [1.29, 1.82) is 0 Å². The van der Waals surface area contributed by atoms with Gasteiger partial charge in [-0.05, 0) is 92.7 Å². The maximum absolute atomic E-state index is 9.91. The highest BCUT2D eigenvalue weighted by atomic mass is 16.3. The van der Waals surface area contributed by atoms with Crippen molar-refractivity contribution in [3.8, 4) is 22.6 Å². The third-order valence-corrected chi connectivity index (χ3v) is 8.46. The Kier molecular flexibility index (Phi) is 6.17. The molecule has 6 aromatic rings. The predicted molar refractivity (Wildman–Crippen MR) is 166 cm³/mol. The van der Waals surface area contributed by atoms with Gasteiger partial charge in [0, 0.05) is 0 Å². The van der Waals surface area contributed by atoms with Crippen molar-refractivity contribution in [3.63, 3.8) is 0 Å². The average molecular weight is 531 g/mol. The fourth-order valence-electron chi connectivity index (χ4n) is 6.71. The van der Waals surface area contributed by atoms with Gasteiger partial charge in [0.15, 0.2) is 0 Å². The summed E-state index contributed by atoms with van der Waals surface area (Å²) in [6, 6.07) is 50.4. The van der Waals surface area contributed by atoms with Gasteiger partial charge >= 0.3 is 0 Å². The van der Waals surface area contributed by atoms with Crippen LogP contribution in [0.15, 0.2) is 146 Å². The molecule has 0 fully saturated rings. The van der Waals surface area contributed by atoms with E-state index in [0.717, 1.165) is 24.0 Å². The van der Waals surface area contributed by atoms with Gasteiger partial charge in [0.05, 0.1) is 5.41 Å². The molecule has 6 aromatic carbocycles. The topological polar surface area (TPSA) is 40.5 Å². The van der Waals surface area contributed by atoms with Crippen molar-refractivity contribution in [2.75, 3.05) is 0 Å². The Bertz CT molecular complexity index is 1710. The molecular weight excluding hydrogens is 500 g/mol. The van der Waals surface area contributed by atoms with Crippen molar-refractivity contribution in [2.24, 2.45) is 0 Å². The molecule has 41 heavy (non-hydrogen) atoms. The van der Waals surface area contributed by atoms with Gasteiger partial charge in [-0.1, -0.05) is 121 Å². The molecule has 2 heteroatoms. The Labute approximate surface area is 240 Å². The lowest BCUT2D eigenvalue weighted by Crippen LogP contribution is -2.31. The summed E-state index contributed by atoms with van der Waals surface area (Å²) < 4.78 is 0. The Morgan fingerprint density at radius 1 is 0.366 bits per heavy atom. The molecule has 2 N–H and O–H groups in total. The number of fused-ring (bicyclic) bond motifs is 3. The van der Waals surface area contributed by atoms with Crippen molar-refractivity contribution >= 4 is 0 Å². The van der Waals surface area contributed by atoms with E-state index >= 15 is 0 Å². The van der Waals surface area contributed by atoms with E-state index in [9.17, 15) is 10.2 Å². The second-order valence-corrected chi connectivity index (χ2v) is 10.8. The maximum atomic E-state index is 9.91. The van der Waals surface area contributed by atoms with E-state index in [0.29, 0.717) is 0 Å². The molecule has 0 heterocycles. The lowest BCUT2D eigenvalue weighted by atomic mass is 9.64. The summed E-state index contributed by atoms with van der Waals surface area (Å²) >= 11 is 0. The van der Waals surface area contributed by atoms with Gasteiger partial charge in [-0.3, -0.25) is 0 Å². The summed E-state index contributed by atoms with van der Waals surface area (Å²) in [5.74, 6) is 0.556. The van der Waals surface area contributed by atoms with E-state index in [1.54, 1.807) is 24.3 Å². The van der Waals surface area contributed by atoms with E-state index in [-0.39, 0.29) is 11.5 Å². The van der Waals surface area contributed by atoms with Crippen LogP contribution in [0.3, 0.4) is 0 Å². The van der Waals surface area contributed by atoms with Gasteiger partial charge in [-0.2, -0.15) is 0 Å². The lowest BCUT2D eigenvalue weighted by Gasteiger charge is -2.37. The number of phenols is 2. The SMILES string of the molecule is Oc1ccc(Cc2ccccc2C2(c3ccccc3Cc3ccc(O)cc3)c3ccccc3-c3ccccc32)cc1. The molecule has 1 aliphatic carbocycles. The fourth-order valence-corrected chi connectivity index (χ4v) is 6.71. The molecule has 0 saturated carbocycles. The minimum absolute atomic E-state index is 0.278. The molecule has 2 nitrogen and oxygen atoms in total. The Morgan fingerprint density at radius 2 is 0.707 bits per heavy atom. The maximum Gasteiger partial charge on any atom is 0.115 e. The van der Waals surface area contributed by atoms with E-state index < -0.39 is 5.41 Å². The predicted octanol–water partition coefficient (Wildman–Crippen LogP) is 8.64. The van der Waals surface area contributed by atoms with Gasteiger partial charge in [0.25, 0.3) is 0 Å². The van der Waals surface area contributed by atoms with Crippen LogP contribution >= 0.6 is 0 Å². The largest absolute Gasteiger partial charge is 0.508 e. The van der Waals surface area contributed by atoms with Crippen LogP contribution in [0, 0.1) is 0 Å². The van der Waals surface area contributed by atoms with Crippen molar-refractivity contribution in [3.05, 3.63) is 190 Å². The molecule has 0 aromatic heterocycles. The Morgan fingerprint density at radius 3 is 1.12 bits per heavy atom. The molecular formula is C39H30O2. The highest BCUT2D eigenvalue weighted by Gasteiger charge is 2.47. The molecule has 0 bridgehead atoms. The van der Waals surface area contributed by atoms with Crippen LogP contribution in [0.4, 0.5) is 0 Å². The van der Waals surface area contributed by atoms with Gasteiger partial charge in [0.2, 0.25) is 0 Å². The van der Waals surface area contributed by atoms with Crippen molar-refractivity contribution < 1.29 is 10.2 Å². The van der Waals surface area contributed by atoms with E-state index in [2.05, 4.69) is 97.1 Å². The normalized spacial score (nSPS) is 13.0. The second kappa shape index (κ2) is 10.1. The zero-order valence-corrected chi connectivity index (χ0v) is 22.7. The molecule has 198 valence electrons. The number of hydrogen-bond acceptors (Lipinski definition) is 2. The van der Waals surface area contributed by atoms with Crippen molar-refractivity contribution in [2.45, 2.75) is 18.3 Å². The smallest absolute Gasteiger partial charge is 0.115 e. The fraction of sp³-hybridized carbons (Fsp3) is 0.0769. The first kappa shape index (κ1) is 24.9. The lowest BCUT2D eigenvalue weighted by molar-refractivity contribution is 0.474. The molecule has 0 saturated heterocycles. The summed E-state index contributed by atoms with van der Waals surface area (Å²) in [5.41, 5.74) is 11.9. The van der Waals surface area contributed by atoms with E-state index in [4.69, 9.17) is 0 Å². The average Bonchev–Trinajstić information content (AvgIpc) is 3.31. The van der Waals surface area contributed by atoms with Crippen LogP contribution in [0.5, 0.6) is 11.5 Å². The zero-order valence-electron chi connectivity index (χ0n) is 22.7. The first-order chi connectivity index (χ1) is 20.1. The molecule has 0 atom stereocenters.